The molecule has 33 heavy (non-hydrogen) atoms. The van der Waals surface area contributed by atoms with Gasteiger partial charge in [0.05, 0.1) is 6.61 Å². The molecule has 0 heterocycles. The minimum Gasteiger partial charge on any atom is -0.494 e. The van der Waals surface area contributed by atoms with Gasteiger partial charge in [0.15, 0.2) is 0 Å². The average molecular weight is 463 g/mol. The summed E-state index contributed by atoms with van der Waals surface area (Å²) < 4.78 is 11.3. The van der Waals surface area contributed by atoms with Gasteiger partial charge in [-0.2, -0.15) is 0 Å². The average Bonchev–Trinajstić information content (AvgIpc) is 2.86. The van der Waals surface area contributed by atoms with Crippen molar-refractivity contribution < 1.29 is 14.3 Å². The van der Waals surface area contributed by atoms with E-state index in [0.717, 1.165) is 40.4 Å². The third-order valence-electron chi connectivity index (χ3n) is 5.43. The summed E-state index contributed by atoms with van der Waals surface area (Å²) in [6.07, 6.45) is 6.21. The second-order valence-corrected chi connectivity index (χ2v) is 9.58. The first-order valence-electron chi connectivity index (χ1n) is 11.9. The molecule has 3 rings (SSSR count). The van der Waals surface area contributed by atoms with E-state index in [1.807, 2.05) is 49.4 Å². The summed E-state index contributed by atoms with van der Waals surface area (Å²) in [5, 5.41) is -0.266. The molecule has 4 heteroatoms. The standard InChI is InChI=1S/C29H34O3S/c1-3-4-5-6-10-21-31-27-17-13-25(14-18-27)26-15-19-28(20-16-26)33-23(2)29(30)32-22-24-11-8-7-9-12-24/h7-9,11-20,23H,3-6,10,21-22H2,1-2H3/t23-/m1/s1. The van der Waals surface area contributed by atoms with Crippen LogP contribution in [0.2, 0.25) is 0 Å². The van der Waals surface area contributed by atoms with Crippen molar-refractivity contribution in [3.05, 3.63) is 84.4 Å². The molecule has 0 bridgehead atoms. The number of rotatable bonds is 13. The van der Waals surface area contributed by atoms with Crippen molar-refractivity contribution in [2.75, 3.05) is 6.61 Å². The molecule has 3 aromatic carbocycles. The molecule has 1 atom stereocenters. The Labute approximate surface area is 202 Å². The molecule has 0 fully saturated rings. The predicted molar refractivity (Wildman–Crippen MR) is 138 cm³/mol. The number of benzene rings is 3. The van der Waals surface area contributed by atoms with Gasteiger partial charge in [-0.3, -0.25) is 4.79 Å². The van der Waals surface area contributed by atoms with Crippen LogP contribution in [0.4, 0.5) is 0 Å². The van der Waals surface area contributed by atoms with Crippen LogP contribution in [0.1, 0.15) is 51.5 Å². The summed E-state index contributed by atoms with van der Waals surface area (Å²) in [7, 11) is 0. The van der Waals surface area contributed by atoms with Crippen LogP contribution in [-0.2, 0) is 16.1 Å². The second kappa shape index (κ2) is 13.7. The van der Waals surface area contributed by atoms with Gasteiger partial charge in [0, 0.05) is 4.90 Å². The van der Waals surface area contributed by atoms with Gasteiger partial charge in [0.25, 0.3) is 0 Å². The zero-order chi connectivity index (χ0) is 23.3. The van der Waals surface area contributed by atoms with Crippen molar-refractivity contribution >= 4 is 17.7 Å². The topological polar surface area (TPSA) is 35.5 Å². The summed E-state index contributed by atoms with van der Waals surface area (Å²) in [6, 6.07) is 26.3. The largest absolute Gasteiger partial charge is 0.494 e. The molecule has 0 aliphatic heterocycles. The highest BCUT2D eigenvalue weighted by Crippen LogP contribution is 2.28. The third kappa shape index (κ3) is 8.62. The lowest BCUT2D eigenvalue weighted by molar-refractivity contribution is -0.143. The smallest absolute Gasteiger partial charge is 0.319 e. The van der Waals surface area contributed by atoms with E-state index in [1.165, 1.54) is 37.4 Å². The molecule has 0 saturated heterocycles. The van der Waals surface area contributed by atoms with Gasteiger partial charge in [0.2, 0.25) is 0 Å². The molecule has 0 unspecified atom stereocenters. The number of hydrogen-bond donors (Lipinski definition) is 0. The summed E-state index contributed by atoms with van der Waals surface area (Å²) in [4.78, 5) is 13.4. The van der Waals surface area contributed by atoms with E-state index in [2.05, 4.69) is 43.3 Å². The highest BCUT2D eigenvalue weighted by Gasteiger charge is 2.16. The predicted octanol–water partition coefficient (Wildman–Crippen LogP) is 7.93. The van der Waals surface area contributed by atoms with Crippen LogP contribution >= 0.6 is 11.8 Å². The number of unbranched alkanes of at least 4 members (excludes halogenated alkanes) is 4. The fraction of sp³-hybridized carbons (Fsp3) is 0.345. The van der Waals surface area contributed by atoms with Crippen molar-refractivity contribution in [2.24, 2.45) is 0 Å². The van der Waals surface area contributed by atoms with Crippen LogP contribution in [0.3, 0.4) is 0 Å². The number of ether oxygens (including phenoxy) is 2. The van der Waals surface area contributed by atoms with Gasteiger partial charge in [-0.25, -0.2) is 0 Å². The molecule has 0 aliphatic rings. The summed E-state index contributed by atoms with van der Waals surface area (Å²) in [6.45, 7) is 5.20. The van der Waals surface area contributed by atoms with Gasteiger partial charge >= 0.3 is 5.97 Å². The zero-order valence-corrected chi connectivity index (χ0v) is 20.5. The van der Waals surface area contributed by atoms with Gasteiger partial charge in [-0.05, 0) is 54.3 Å². The summed E-state index contributed by atoms with van der Waals surface area (Å²) >= 11 is 1.51. The van der Waals surface area contributed by atoms with Crippen LogP contribution in [0.15, 0.2) is 83.8 Å². The normalized spacial score (nSPS) is 11.7. The van der Waals surface area contributed by atoms with E-state index in [-0.39, 0.29) is 11.2 Å². The van der Waals surface area contributed by atoms with Crippen molar-refractivity contribution in [3.63, 3.8) is 0 Å². The van der Waals surface area contributed by atoms with Gasteiger partial charge in [0.1, 0.15) is 17.6 Å². The number of thioether (sulfide) groups is 1. The first-order valence-corrected chi connectivity index (χ1v) is 12.7. The maximum absolute atomic E-state index is 12.3. The maximum atomic E-state index is 12.3. The zero-order valence-electron chi connectivity index (χ0n) is 19.7. The Morgan fingerprint density at radius 1 is 0.818 bits per heavy atom. The Bertz CT molecular complexity index is 952. The number of hydrogen-bond acceptors (Lipinski definition) is 4. The third-order valence-corrected chi connectivity index (χ3v) is 6.52. The molecule has 174 valence electrons. The molecule has 0 amide bonds. The molecular weight excluding hydrogens is 428 g/mol. The Balaban J connectivity index is 1.44. The Kier molecular flexibility index (Phi) is 10.4. The lowest BCUT2D eigenvalue weighted by atomic mass is 10.1. The van der Waals surface area contributed by atoms with Crippen molar-refractivity contribution in [3.8, 4) is 16.9 Å². The van der Waals surface area contributed by atoms with E-state index in [9.17, 15) is 4.79 Å². The molecule has 0 N–H and O–H groups in total. The quantitative estimate of drug-likeness (QED) is 0.147. The van der Waals surface area contributed by atoms with Crippen molar-refractivity contribution in [2.45, 2.75) is 62.7 Å². The van der Waals surface area contributed by atoms with E-state index in [0.29, 0.717) is 6.61 Å². The van der Waals surface area contributed by atoms with Gasteiger partial charge in [-0.15, -0.1) is 11.8 Å². The van der Waals surface area contributed by atoms with Crippen LogP contribution < -0.4 is 4.74 Å². The second-order valence-electron chi connectivity index (χ2n) is 8.16. The van der Waals surface area contributed by atoms with E-state index >= 15 is 0 Å². The Hall–Kier alpha value is -2.72. The minimum atomic E-state index is -0.266. The molecule has 0 spiro atoms. The van der Waals surface area contributed by atoms with Crippen LogP contribution in [0.5, 0.6) is 5.75 Å². The van der Waals surface area contributed by atoms with Gasteiger partial charge in [-0.1, -0.05) is 87.2 Å². The number of esters is 1. The Morgan fingerprint density at radius 2 is 1.45 bits per heavy atom. The fourth-order valence-corrected chi connectivity index (χ4v) is 4.33. The summed E-state index contributed by atoms with van der Waals surface area (Å²) in [5.41, 5.74) is 3.29. The van der Waals surface area contributed by atoms with Crippen LogP contribution in [0.25, 0.3) is 11.1 Å². The van der Waals surface area contributed by atoms with Crippen LogP contribution in [0, 0.1) is 0 Å². The first-order chi connectivity index (χ1) is 16.2. The van der Waals surface area contributed by atoms with E-state index < -0.39 is 0 Å². The number of carbonyl (C=O) groups is 1. The summed E-state index contributed by atoms with van der Waals surface area (Å²) in [5.74, 6) is 0.720. The molecule has 3 aromatic rings. The fourth-order valence-electron chi connectivity index (χ4n) is 3.46. The molecule has 0 radical (unpaired) electrons. The van der Waals surface area contributed by atoms with Gasteiger partial charge < -0.3 is 9.47 Å². The lowest BCUT2D eigenvalue weighted by Gasteiger charge is -2.12. The number of carbonyl (C=O) groups excluding carboxylic acids is 1. The van der Waals surface area contributed by atoms with E-state index in [4.69, 9.17) is 9.47 Å². The highest BCUT2D eigenvalue weighted by molar-refractivity contribution is 8.00. The minimum absolute atomic E-state index is 0.200. The Morgan fingerprint density at radius 3 is 2.12 bits per heavy atom. The maximum Gasteiger partial charge on any atom is 0.319 e. The molecule has 3 nitrogen and oxygen atoms in total. The molecule has 0 aliphatic carbocycles. The monoisotopic (exact) mass is 462 g/mol. The SMILES string of the molecule is CCCCCCCOc1ccc(-c2ccc(S[C@H](C)C(=O)OCc3ccccc3)cc2)cc1. The van der Waals surface area contributed by atoms with Crippen molar-refractivity contribution in [1.82, 2.24) is 0 Å². The lowest BCUT2D eigenvalue weighted by Crippen LogP contribution is -2.16. The van der Waals surface area contributed by atoms with Crippen LogP contribution in [-0.4, -0.2) is 17.8 Å². The molecule has 0 saturated carbocycles. The molecular formula is C29H34O3S. The highest BCUT2D eigenvalue weighted by atomic mass is 32.2. The van der Waals surface area contributed by atoms with Crippen molar-refractivity contribution in [1.29, 1.82) is 0 Å². The first kappa shape index (κ1) is 24.9. The van der Waals surface area contributed by atoms with E-state index in [1.54, 1.807) is 0 Å². The molecule has 0 aromatic heterocycles.